The minimum atomic E-state index is -0.316. The molecular formula is C20H17FN4OS. The van der Waals surface area contributed by atoms with Crippen molar-refractivity contribution >= 4 is 11.8 Å². The Hall–Kier alpha value is -2.93. The van der Waals surface area contributed by atoms with E-state index in [1.807, 2.05) is 29.7 Å². The molecule has 5 nitrogen and oxygen atoms in total. The van der Waals surface area contributed by atoms with Gasteiger partial charge in [0, 0.05) is 11.3 Å². The first-order chi connectivity index (χ1) is 13.1. The zero-order valence-electron chi connectivity index (χ0n) is 14.9. The highest BCUT2D eigenvalue weighted by atomic mass is 32.2. The topological polar surface area (TPSA) is 56.7 Å². The third-order valence-electron chi connectivity index (χ3n) is 4.12. The van der Waals surface area contributed by atoms with E-state index in [9.17, 15) is 4.39 Å². The lowest BCUT2D eigenvalue weighted by Crippen LogP contribution is -2.01. The van der Waals surface area contributed by atoms with Crippen LogP contribution in [0.3, 0.4) is 0 Å². The average molecular weight is 380 g/mol. The molecule has 0 N–H and O–H groups in total. The third kappa shape index (κ3) is 3.64. The lowest BCUT2D eigenvalue weighted by atomic mass is 10.2. The van der Waals surface area contributed by atoms with E-state index in [0.29, 0.717) is 17.2 Å². The second-order valence-electron chi connectivity index (χ2n) is 6.09. The monoisotopic (exact) mass is 380 g/mol. The number of halogens is 1. The molecule has 0 fully saturated rings. The minimum absolute atomic E-state index is 0.316. The Morgan fingerprint density at radius 1 is 1.07 bits per heavy atom. The first-order valence-electron chi connectivity index (χ1n) is 8.43. The molecule has 0 spiro atoms. The van der Waals surface area contributed by atoms with Crippen molar-refractivity contribution in [2.24, 2.45) is 0 Å². The Kier molecular flexibility index (Phi) is 4.77. The summed E-state index contributed by atoms with van der Waals surface area (Å²) >= 11 is 1.53. The standard InChI is InChI=1S/C20H17FN4OS/c1-13-6-3-4-9-18(13)25-14(2)23-24-20(25)27-12-17-11-26-19(22-17)15-7-5-8-16(21)10-15/h3-11H,12H2,1-2H3. The van der Waals surface area contributed by atoms with Crippen molar-refractivity contribution < 1.29 is 8.81 Å². The number of benzene rings is 2. The maximum Gasteiger partial charge on any atom is 0.226 e. The molecule has 27 heavy (non-hydrogen) atoms. The minimum Gasteiger partial charge on any atom is -0.444 e. The number of hydrogen-bond acceptors (Lipinski definition) is 5. The fraction of sp³-hybridized carbons (Fsp3) is 0.150. The number of hydrogen-bond donors (Lipinski definition) is 0. The summed E-state index contributed by atoms with van der Waals surface area (Å²) in [6.45, 7) is 3.99. The smallest absolute Gasteiger partial charge is 0.226 e. The van der Waals surface area contributed by atoms with Crippen LogP contribution >= 0.6 is 11.8 Å². The summed E-state index contributed by atoms with van der Waals surface area (Å²) in [5.41, 5.74) is 3.58. The molecule has 136 valence electrons. The second kappa shape index (κ2) is 7.36. The molecule has 0 saturated carbocycles. The molecule has 0 atom stereocenters. The van der Waals surface area contributed by atoms with Gasteiger partial charge in [0.1, 0.15) is 17.9 Å². The molecule has 4 rings (SSSR count). The summed E-state index contributed by atoms with van der Waals surface area (Å²) in [6, 6.07) is 14.3. The van der Waals surface area contributed by atoms with Crippen LogP contribution in [0.4, 0.5) is 4.39 Å². The van der Waals surface area contributed by atoms with Crippen molar-refractivity contribution in [2.75, 3.05) is 0 Å². The highest BCUT2D eigenvalue weighted by Crippen LogP contribution is 2.27. The predicted octanol–water partition coefficient (Wildman–Crippen LogP) is 4.97. The van der Waals surface area contributed by atoms with Crippen molar-refractivity contribution in [3.05, 3.63) is 77.7 Å². The van der Waals surface area contributed by atoms with Gasteiger partial charge in [0.05, 0.1) is 11.4 Å². The van der Waals surface area contributed by atoms with E-state index in [1.165, 1.54) is 23.9 Å². The lowest BCUT2D eigenvalue weighted by Gasteiger charge is -2.10. The van der Waals surface area contributed by atoms with Crippen LogP contribution in [0.1, 0.15) is 17.1 Å². The van der Waals surface area contributed by atoms with E-state index < -0.39 is 0 Å². The van der Waals surface area contributed by atoms with Crippen molar-refractivity contribution in [1.82, 2.24) is 19.7 Å². The van der Waals surface area contributed by atoms with Crippen LogP contribution in [-0.2, 0) is 5.75 Å². The Balaban J connectivity index is 1.55. The molecule has 0 radical (unpaired) electrons. The summed E-state index contributed by atoms with van der Waals surface area (Å²) in [7, 11) is 0. The average Bonchev–Trinajstić information content (AvgIpc) is 3.27. The van der Waals surface area contributed by atoms with Gasteiger partial charge in [-0.05, 0) is 43.7 Å². The molecule has 0 aliphatic rings. The molecule has 2 heterocycles. The number of aryl methyl sites for hydroxylation is 2. The molecule has 0 aliphatic heterocycles. The number of nitrogens with zero attached hydrogens (tertiary/aromatic N) is 4. The first kappa shape index (κ1) is 17.5. The fourth-order valence-electron chi connectivity index (χ4n) is 2.79. The second-order valence-corrected chi connectivity index (χ2v) is 7.04. The number of aromatic nitrogens is 4. The van der Waals surface area contributed by atoms with Gasteiger partial charge in [-0.1, -0.05) is 36.0 Å². The maximum atomic E-state index is 13.4. The van der Waals surface area contributed by atoms with E-state index in [0.717, 1.165) is 27.9 Å². The quantitative estimate of drug-likeness (QED) is 0.458. The van der Waals surface area contributed by atoms with Gasteiger partial charge in [0.25, 0.3) is 0 Å². The highest BCUT2D eigenvalue weighted by molar-refractivity contribution is 7.98. The zero-order chi connectivity index (χ0) is 18.8. The van der Waals surface area contributed by atoms with Gasteiger partial charge in [-0.25, -0.2) is 9.37 Å². The highest BCUT2D eigenvalue weighted by Gasteiger charge is 2.14. The number of thioether (sulfide) groups is 1. The Bertz CT molecular complexity index is 1090. The molecule has 2 aromatic heterocycles. The van der Waals surface area contributed by atoms with E-state index >= 15 is 0 Å². The zero-order valence-corrected chi connectivity index (χ0v) is 15.7. The van der Waals surface area contributed by atoms with Crippen LogP contribution in [0, 0.1) is 19.7 Å². The molecule has 0 aliphatic carbocycles. The van der Waals surface area contributed by atoms with Gasteiger partial charge in [-0.2, -0.15) is 0 Å². The molecule has 4 aromatic rings. The van der Waals surface area contributed by atoms with E-state index in [2.05, 4.69) is 28.2 Å². The van der Waals surface area contributed by atoms with E-state index in [4.69, 9.17) is 4.42 Å². The van der Waals surface area contributed by atoms with Gasteiger partial charge in [0.15, 0.2) is 5.16 Å². The van der Waals surface area contributed by atoms with Gasteiger partial charge in [-0.15, -0.1) is 10.2 Å². The van der Waals surface area contributed by atoms with Gasteiger partial charge in [-0.3, -0.25) is 4.57 Å². The molecule has 0 unspecified atom stereocenters. The molecular weight excluding hydrogens is 363 g/mol. The van der Waals surface area contributed by atoms with E-state index in [1.54, 1.807) is 18.4 Å². The Labute approximate surface area is 160 Å². The van der Waals surface area contributed by atoms with Crippen molar-refractivity contribution in [2.45, 2.75) is 24.8 Å². The Morgan fingerprint density at radius 3 is 2.74 bits per heavy atom. The van der Waals surface area contributed by atoms with Gasteiger partial charge < -0.3 is 4.42 Å². The molecule has 2 aromatic carbocycles. The van der Waals surface area contributed by atoms with Gasteiger partial charge in [0.2, 0.25) is 5.89 Å². The van der Waals surface area contributed by atoms with Crippen LogP contribution in [0.15, 0.2) is 64.4 Å². The van der Waals surface area contributed by atoms with Crippen LogP contribution < -0.4 is 0 Å². The van der Waals surface area contributed by atoms with Crippen LogP contribution in [0.25, 0.3) is 17.1 Å². The van der Waals surface area contributed by atoms with Crippen molar-refractivity contribution in [1.29, 1.82) is 0 Å². The summed E-state index contributed by atoms with van der Waals surface area (Å²) in [4.78, 5) is 4.45. The summed E-state index contributed by atoms with van der Waals surface area (Å²) < 4.78 is 20.9. The predicted molar refractivity (Wildman–Crippen MR) is 102 cm³/mol. The third-order valence-corrected chi connectivity index (χ3v) is 5.09. The van der Waals surface area contributed by atoms with Crippen molar-refractivity contribution in [3.63, 3.8) is 0 Å². The summed E-state index contributed by atoms with van der Waals surface area (Å²) in [6.07, 6.45) is 1.59. The molecule has 0 bridgehead atoms. The molecule has 7 heteroatoms. The van der Waals surface area contributed by atoms with E-state index in [-0.39, 0.29) is 5.82 Å². The van der Waals surface area contributed by atoms with Crippen LogP contribution in [0.5, 0.6) is 0 Å². The van der Waals surface area contributed by atoms with Crippen LogP contribution in [-0.4, -0.2) is 19.7 Å². The van der Waals surface area contributed by atoms with Crippen LogP contribution in [0.2, 0.25) is 0 Å². The first-order valence-corrected chi connectivity index (χ1v) is 9.41. The number of para-hydroxylation sites is 1. The Morgan fingerprint density at radius 2 is 1.93 bits per heavy atom. The molecule has 0 saturated heterocycles. The van der Waals surface area contributed by atoms with Gasteiger partial charge >= 0.3 is 0 Å². The maximum absolute atomic E-state index is 13.4. The van der Waals surface area contributed by atoms with Crippen molar-refractivity contribution in [3.8, 4) is 17.1 Å². The molecule has 0 amide bonds. The normalized spacial score (nSPS) is 11.1. The summed E-state index contributed by atoms with van der Waals surface area (Å²) in [5, 5.41) is 9.30. The largest absolute Gasteiger partial charge is 0.444 e. The SMILES string of the molecule is Cc1ccccc1-n1c(C)nnc1SCc1coc(-c2cccc(F)c2)n1. The lowest BCUT2D eigenvalue weighted by molar-refractivity contribution is 0.571. The number of oxazole rings is 1. The fourth-order valence-corrected chi connectivity index (χ4v) is 3.66. The number of rotatable bonds is 5. The summed E-state index contributed by atoms with van der Waals surface area (Å²) in [5.74, 6) is 1.49.